The van der Waals surface area contributed by atoms with E-state index in [1.165, 1.54) is 0 Å². The molecule has 2 heterocycles. The first kappa shape index (κ1) is 12.2. The van der Waals surface area contributed by atoms with Crippen LogP contribution in [-0.2, 0) is 4.79 Å². The number of likely N-dealkylation sites (tertiary alicyclic amines) is 1. The van der Waals surface area contributed by atoms with E-state index in [2.05, 4.69) is 11.1 Å². The monoisotopic (exact) mass is 235 g/mol. The number of carbonyl (C=O) groups excluding carboxylic acids is 1. The zero-order valence-corrected chi connectivity index (χ0v) is 10.4. The molecule has 4 heteroatoms. The Morgan fingerprint density at radius 3 is 3.18 bits per heavy atom. The average molecular weight is 235 g/mol. The highest BCUT2D eigenvalue weighted by atomic mass is 16.2. The third kappa shape index (κ3) is 2.52. The fourth-order valence-electron chi connectivity index (χ4n) is 2.56. The molecular formula is C13H21N3O. The van der Waals surface area contributed by atoms with Gasteiger partial charge in [-0.15, -0.1) is 0 Å². The summed E-state index contributed by atoms with van der Waals surface area (Å²) in [5.74, 6) is 0.281. The van der Waals surface area contributed by atoms with E-state index in [1.807, 2.05) is 24.1 Å². The molecule has 1 aliphatic heterocycles. The molecular weight excluding hydrogens is 214 g/mol. The number of amides is 1. The number of nitrogens with two attached hydrogens (primary N) is 1. The predicted molar refractivity (Wildman–Crippen MR) is 67.3 cm³/mol. The van der Waals surface area contributed by atoms with Crippen LogP contribution < -0.4 is 5.73 Å². The third-order valence-electron chi connectivity index (χ3n) is 3.54. The molecule has 2 rings (SSSR count). The molecule has 0 radical (unpaired) electrons. The number of hydrogen-bond donors (Lipinski definition) is 2. The van der Waals surface area contributed by atoms with Gasteiger partial charge in [-0.3, -0.25) is 4.79 Å². The number of aromatic amines is 1. The molecule has 0 saturated carbocycles. The van der Waals surface area contributed by atoms with Crippen LogP contribution in [0.2, 0.25) is 0 Å². The maximum absolute atomic E-state index is 12.3. The van der Waals surface area contributed by atoms with Gasteiger partial charge >= 0.3 is 0 Å². The van der Waals surface area contributed by atoms with Gasteiger partial charge in [0.1, 0.15) is 0 Å². The Hall–Kier alpha value is -1.29. The summed E-state index contributed by atoms with van der Waals surface area (Å²) < 4.78 is 0. The van der Waals surface area contributed by atoms with Crippen molar-refractivity contribution in [1.82, 2.24) is 9.88 Å². The van der Waals surface area contributed by atoms with Crippen LogP contribution in [0.25, 0.3) is 0 Å². The number of rotatable bonds is 4. The number of nitrogens with zero attached hydrogens (tertiary/aromatic N) is 1. The summed E-state index contributed by atoms with van der Waals surface area (Å²) in [6.45, 7) is 3.42. The first-order chi connectivity index (χ1) is 8.24. The maximum atomic E-state index is 12.3. The molecule has 0 bridgehead atoms. The first-order valence-electron chi connectivity index (χ1n) is 6.38. The lowest BCUT2D eigenvalue weighted by Gasteiger charge is -2.27. The Morgan fingerprint density at radius 1 is 1.71 bits per heavy atom. The van der Waals surface area contributed by atoms with Gasteiger partial charge in [-0.2, -0.15) is 0 Å². The van der Waals surface area contributed by atoms with E-state index >= 15 is 0 Å². The molecule has 1 fully saturated rings. The Morgan fingerprint density at radius 2 is 2.53 bits per heavy atom. The quantitative estimate of drug-likeness (QED) is 0.833. The summed E-state index contributed by atoms with van der Waals surface area (Å²) in [5, 5.41) is 0. The van der Waals surface area contributed by atoms with Crippen LogP contribution >= 0.6 is 0 Å². The van der Waals surface area contributed by atoms with Crippen LogP contribution in [0.5, 0.6) is 0 Å². The molecule has 1 aliphatic rings. The van der Waals surface area contributed by atoms with E-state index < -0.39 is 0 Å². The van der Waals surface area contributed by atoms with Crippen molar-refractivity contribution < 1.29 is 4.79 Å². The summed E-state index contributed by atoms with van der Waals surface area (Å²) in [5.41, 5.74) is 6.67. The Labute approximate surface area is 102 Å². The van der Waals surface area contributed by atoms with Gasteiger partial charge in [0.25, 0.3) is 0 Å². The zero-order chi connectivity index (χ0) is 12.3. The van der Waals surface area contributed by atoms with Gasteiger partial charge in [0, 0.05) is 24.4 Å². The normalized spacial score (nSPS) is 21.8. The number of hydrogen-bond acceptors (Lipinski definition) is 2. The Kier molecular flexibility index (Phi) is 3.84. The SMILES string of the molecule is CC(CCN)C(=O)N1CCCC1c1ccc[nH]1. The van der Waals surface area contributed by atoms with Crippen LogP contribution in [0.3, 0.4) is 0 Å². The highest BCUT2D eigenvalue weighted by molar-refractivity contribution is 5.79. The second kappa shape index (κ2) is 5.36. The maximum Gasteiger partial charge on any atom is 0.226 e. The van der Waals surface area contributed by atoms with Gasteiger partial charge in [-0.1, -0.05) is 6.92 Å². The molecule has 0 aromatic carbocycles. The summed E-state index contributed by atoms with van der Waals surface area (Å²) in [4.78, 5) is 17.5. The van der Waals surface area contributed by atoms with Crippen molar-refractivity contribution >= 4 is 5.91 Å². The molecule has 4 nitrogen and oxygen atoms in total. The predicted octanol–water partition coefficient (Wildman–Crippen LogP) is 1.66. The van der Waals surface area contributed by atoms with E-state index in [0.717, 1.165) is 31.5 Å². The fraction of sp³-hybridized carbons (Fsp3) is 0.615. The van der Waals surface area contributed by atoms with Gasteiger partial charge in [0.05, 0.1) is 6.04 Å². The summed E-state index contributed by atoms with van der Waals surface area (Å²) in [7, 11) is 0. The lowest BCUT2D eigenvalue weighted by molar-refractivity contribution is -0.136. The molecule has 2 atom stereocenters. The van der Waals surface area contributed by atoms with Crippen molar-refractivity contribution in [2.75, 3.05) is 13.1 Å². The number of carbonyl (C=O) groups is 1. The van der Waals surface area contributed by atoms with Crippen LogP contribution in [0.15, 0.2) is 18.3 Å². The van der Waals surface area contributed by atoms with Crippen molar-refractivity contribution in [3.63, 3.8) is 0 Å². The molecule has 94 valence electrons. The van der Waals surface area contributed by atoms with Crippen molar-refractivity contribution in [3.05, 3.63) is 24.0 Å². The third-order valence-corrected chi connectivity index (χ3v) is 3.54. The Balaban J connectivity index is 2.07. The van der Waals surface area contributed by atoms with E-state index in [-0.39, 0.29) is 17.9 Å². The van der Waals surface area contributed by atoms with E-state index in [1.54, 1.807) is 0 Å². The first-order valence-corrected chi connectivity index (χ1v) is 6.38. The minimum Gasteiger partial charge on any atom is -0.363 e. The van der Waals surface area contributed by atoms with Crippen molar-refractivity contribution in [3.8, 4) is 0 Å². The summed E-state index contributed by atoms with van der Waals surface area (Å²) in [6.07, 6.45) is 4.83. The highest BCUT2D eigenvalue weighted by Crippen LogP contribution is 2.32. The van der Waals surface area contributed by atoms with Crippen LogP contribution in [0.4, 0.5) is 0 Å². The summed E-state index contributed by atoms with van der Waals surface area (Å²) >= 11 is 0. The van der Waals surface area contributed by atoms with Crippen molar-refractivity contribution in [2.24, 2.45) is 11.7 Å². The molecule has 1 saturated heterocycles. The van der Waals surface area contributed by atoms with Crippen LogP contribution in [-0.4, -0.2) is 28.9 Å². The van der Waals surface area contributed by atoms with E-state index in [0.29, 0.717) is 6.54 Å². The smallest absolute Gasteiger partial charge is 0.226 e. The molecule has 0 spiro atoms. The minimum absolute atomic E-state index is 0.0376. The molecule has 0 aliphatic carbocycles. The standard InChI is InChI=1S/C13H21N3O/c1-10(6-7-14)13(17)16-9-3-5-12(16)11-4-2-8-15-11/h2,4,8,10,12,15H,3,5-7,9,14H2,1H3. The van der Waals surface area contributed by atoms with Crippen LogP contribution in [0, 0.1) is 5.92 Å². The topological polar surface area (TPSA) is 62.1 Å². The second-order valence-corrected chi connectivity index (χ2v) is 4.79. The summed E-state index contributed by atoms with van der Waals surface area (Å²) in [6, 6.07) is 4.28. The van der Waals surface area contributed by atoms with Gasteiger partial charge < -0.3 is 15.6 Å². The molecule has 1 aromatic heterocycles. The molecule has 2 unspecified atom stereocenters. The number of nitrogens with one attached hydrogen (secondary N) is 1. The van der Waals surface area contributed by atoms with Gasteiger partial charge in [0.15, 0.2) is 0 Å². The zero-order valence-electron chi connectivity index (χ0n) is 10.4. The molecule has 1 aromatic rings. The van der Waals surface area contributed by atoms with Gasteiger partial charge in [-0.05, 0) is 37.9 Å². The molecule has 3 N–H and O–H groups in total. The van der Waals surface area contributed by atoms with E-state index in [9.17, 15) is 4.79 Å². The van der Waals surface area contributed by atoms with Crippen molar-refractivity contribution in [2.45, 2.75) is 32.2 Å². The second-order valence-electron chi connectivity index (χ2n) is 4.79. The largest absolute Gasteiger partial charge is 0.363 e. The van der Waals surface area contributed by atoms with E-state index in [4.69, 9.17) is 5.73 Å². The Bertz CT molecular complexity index is 361. The lowest BCUT2D eigenvalue weighted by Crippen LogP contribution is -2.35. The van der Waals surface area contributed by atoms with Crippen LogP contribution in [0.1, 0.15) is 37.9 Å². The minimum atomic E-state index is 0.0376. The van der Waals surface area contributed by atoms with Gasteiger partial charge in [0.2, 0.25) is 5.91 Å². The number of H-pyrrole nitrogens is 1. The number of aromatic nitrogens is 1. The van der Waals surface area contributed by atoms with Gasteiger partial charge in [-0.25, -0.2) is 0 Å². The average Bonchev–Trinajstić information content (AvgIpc) is 2.98. The lowest BCUT2D eigenvalue weighted by atomic mass is 10.1. The fourth-order valence-corrected chi connectivity index (χ4v) is 2.56. The molecule has 1 amide bonds. The molecule has 17 heavy (non-hydrogen) atoms. The van der Waals surface area contributed by atoms with Crippen molar-refractivity contribution in [1.29, 1.82) is 0 Å². The highest BCUT2D eigenvalue weighted by Gasteiger charge is 2.32.